The maximum Gasteiger partial charge on any atom is 0.465 e. The lowest BCUT2D eigenvalue weighted by Gasteiger charge is -2.62. The molecule has 2 atom stereocenters. The molecule has 4 bridgehead atoms. The molecule has 0 aliphatic heterocycles. The third kappa shape index (κ3) is 2.58. The van der Waals surface area contributed by atoms with Crippen molar-refractivity contribution >= 4 is 16.1 Å². The van der Waals surface area contributed by atoms with Crippen molar-refractivity contribution in [2.75, 3.05) is 0 Å². The van der Waals surface area contributed by atoms with Gasteiger partial charge in [0.25, 0.3) is 0 Å². The van der Waals surface area contributed by atoms with Crippen LogP contribution in [0.3, 0.4) is 0 Å². The van der Waals surface area contributed by atoms with Crippen LogP contribution in [0, 0.1) is 23.2 Å². The second-order valence-electron chi connectivity index (χ2n) is 8.04. The second-order valence-corrected chi connectivity index (χ2v) is 9.51. The van der Waals surface area contributed by atoms with Crippen LogP contribution in [0.25, 0.3) is 0 Å². The highest BCUT2D eigenvalue weighted by Crippen LogP contribution is 2.65. The molecule has 23 heavy (non-hydrogen) atoms. The summed E-state index contributed by atoms with van der Waals surface area (Å²) in [7, 11) is -5.82. The molecular weight excluding hydrogens is 330 g/mol. The minimum absolute atomic E-state index is 0.0300. The number of alkyl halides is 2. The van der Waals surface area contributed by atoms with Crippen LogP contribution in [-0.4, -0.2) is 29.8 Å². The first-order valence-corrected chi connectivity index (χ1v) is 9.41. The number of halogens is 2. The van der Waals surface area contributed by atoms with Gasteiger partial charge in [-0.2, -0.15) is 17.2 Å². The van der Waals surface area contributed by atoms with Crippen LogP contribution in [0.15, 0.2) is 0 Å². The molecule has 4 aliphatic carbocycles. The molecule has 0 aromatic heterocycles. The summed E-state index contributed by atoms with van der Waals surface area (Å²) in [5.41, 5.74) is -1.04. The zero-order valence-electron chi connectivity index (χ0n) is 13.2. The van der Waals surface area contributed by atoms with Crippen molar-refractivity contribution in [1.29, 1.82) is 0 Å². The summed E-state index contributed by atoms with van der Waals surface area (Å²) in [4.78, 5) is 11.8. The zero-order valence-corrected chi connectivity index (χ0v) is 14.0. The molecule has 0 saturated heterocycles. The molecule has 0 aromatic rings. The maximum absolute atomic E-state index is 13.6. The summed E-state index contributed by atoms with van der Waals surface area (Å²) in [5.74, 6) is -1.16. The highest BCUT2D eigenvalue weighted by atomic mass is 32.2. The van der Waals surface area contributed by atoms with E-state index < -0.39 is 26.9 Å². The molecule has 0 heterocycles. The minimum atomic E-state index is -5.82. The van der Waals surface area contributed by atoms with E-state index in [0.717, 1.165) is 19.3 Å². The van der Waals surface area contributed by atoms with Gasteiger partial charge < -0.3 is 4.74 Å². The average Bonchev–Trinajstić information content (AvgIpc) is 2.34. The summed E-state index contributed by atoms with van der Waals surface area (Å²) in [5, 5.41) is -4.92. The van der Waals surface area contributed by atoms with Crippen LogP contribution in [0.4, 0.5) is 8.78 Å². The Morgan fingerprint density at radius 3 is 2.17 bits per heavy atom. The largest absolute Gasteiger partial charge is 0.465 e. The van der Waals surface area contributed by atoms with E-state index in [-0.39, 0.29) is 5.41 Å². The SMILES string of the molecule is CC(C)C12CC3CC(CC(OC(=O)C(F)(F)S(=O)(=O)O)(C3)C1)C2. The number of hydrogen-bond acceptors (Lipinski definition) is 4. The number of carbonyl (C=O) groups is 1. The Morgan fingerprint density at radius 2 is 1.74 bits per heavy atom. The Labute approximate surface area is 134 Å². The molecule has 4 aliphatic rings. The fourth-order valence-corrected chi connectivity index (χ4v) is 5.66. The highest BCUT2D eigenvalue weighted by Gasteiger charge is 2.63. The topological polar surface area (TPSA) is 80.7 Å². The zero-order chi connectivity index (χ0) is 17.3. The van der Waals surface area contributed by atoms with Gasteiger partial charge in [-0.1, -0.05) is 13.8 Å². The molecule has 0 radical (unpaired) electrons. The van der Waals surface area contributed by atoms with E-state index in [1.807, 2.05) is 0 Å². The molecule has 4 fully saturated rings. The molecule has 0 amide bonds. The molecule has 0 aromatic carbocycles. The predicted molar refractivity (Wildman–Crippen MR) is 77.3 cm³/mol. The van der Waals surface area contributed by atoms with Gasteiger partial charge in [-0.15, -0.1) is 0 Å². The van der Waals surface area contributed by atoms with Crippen LogP contribution in [0.1, 0.15) is 52.4 Å². The van der Waals surface area contributed by atoms with E-state index in [4.69, 9.17) is 9.29 Å². The smallest absolute Gasteiger partial charge is 0.454 e. The molecule has 132 valence electrons. The van der Waals surface area contributed by atoms with Gasteiger partial charge in [-0.05, 0) is 61.7 Å². The third-order valence-electron chi connectivity index (χ3n) is 6.15. The standard InChI is InChI=1S/C15H22F2O5S/c1-9(2)13-4-10-3-11(5-13)7-14(6-10,8-13)22-12(18)15(16,17)23(19,20)21/h9-11H,3-8H2,1-2H3,(H,19,20,21). The highest BCUT2D eigenvalue weighted by molar-refractivity contribution is 7.87. The Kier molecular flexibility index (Phi) is 3.62. The second kappa shape index (κ2) is 4.88. The summed E-state index contributed by atoms with van der Waals surface area (Å²) < 4.78 is 62.3. The fourth-order valence-electron chi connectivity index (χ4n) is 5.40. The third-order valence-corrected chi connectivity index (χ3v) is 6.96. The Hall–Kier alpha value is -0.760. The van der Waals surface area contributed by atoms with E-state index in [1.54, 1.807) is 0 Å². The first-order chi connectivity index (χ1) is 10.4. The number of rotatable bonds is 4. The first kappa shape index (κ1) is 17.1. The molecule has 2 unspecified atom stereocenters. The Morgan fingerprint density at radius 1 is 1.22 bits per heavy atom. The first-order valence-electron chi connectivity index (χ1n) is 7.97. The monoisotopic (exact) mass is 352 g/mol. The maximum atomic E-state index is 13.6. The summed E-state index contributed by atoms with van der Waals surface area (Å²) >= 11 is 0. The lowest BCUT2D eigenvalue weighted by Crippen LogP contribution is -2.60. The minimum Gasteiger partial charge on any atom is -0.454 e. The number of esters is 1. The van der Waals surface area contributed by atoms with Crippen molar-refractivity contribution in [2.45, 2.75) is 63.2 Å². The van der Waals surface area contributed by atoms with Gasteiger partial charge in [0, 0.05) is 0 Å². The molecule has 0 spiro atoms. The van der Waals surface area contributed by atoms with Crippen LogP contribution in [0.5, 0.6) is 0 Å². The molecule has 4 rings (SSSR count). The van der Waals surface area contributed by atoms with Crippen molar-refractivity contribution in [1.82, 2.24) is 0 Å². The van der Waals surface area contributed by atoms with E-state index >= 15 is 0 Å². The molecule has 5 nitrogen and oxygen atoms in total. The number of hydrogen-bond donors (Lipinski definition) is 1. The lowest BCUT2D eigenvalue weighted by molar-refractivity contribution is -0.219. The van der Waals surface area contributed by atoms with Gasteiger partial charge in [0.1, 0.15) is 5.60 Å². The van der Waals surface area contributed by atoms with E-state index in [0.29, 0.717) is 37.0 Å². The molecule has 8 heteroatoms. The van der Waals surface area contributed by atoms with Gasteiger partial charge in [-0.3, -0.25) is 4.55 Å². The van der Waals surface area contributed by atoms with Gasteiger partial charge in [0.15, 0.2) is 0 Å². The van der Waals surface area contributed by atoms with Crippen LogP contribution in [0.2, 0.25) is 0 Å². The summed E-state index contributed by atoms with van der Waals surface area (Å²) in [6, 6.07) is 0. The van der Waals surface area contributed by atoms with Gasteiger partial charge >= 0.3 is 21.3 Å². The van der Waals surface area contributed by atoms with Crippen molar-refractivity contribution in [2.24, 2.45) is 23.2 Å². The molecule has 4 saturated carbocycles. The fraction of sp³-hybridized carbons (Fsp3) is 0.933. The number of ether oxygens (including phenoxy) is 1. The van der Waals surface area contributed by atoms with E-state index in [2.05, 4.69) is 13.8 Å². The summed E-state index contributed by atoms with van der Waals surface area (Å²) in [6.07, 6.45) is 4.54. The average molecular weight is 352 g/mol. The van der Waals surface area contributed by atoms with Gasteiger partial charge in [0.2, 0.25) is 0 Å². The van der Waals surface area contributed by atoms with Crippen molar-refractivity contribution in [3.63, 3.8) is 0 Å². The van der Waals surface area contributed by atoms with Gasteiger partial charge in [0.05, 0.1) is 0 Å². The van der Waals surface area contributed by atoms with Crippen LogP contribution < -0.4 is 0 Å². The Balaban J connectivity index is 1.87. The summed E-state index contributed by atoms with van der Waals surface area (Å²) in [6.45, 7) is 4.19. The van der Waals surface area contributed by atoms with E-state index in [1.165, 1.54) is 0 Å². The van der Waals surface area contributed by atoms with Crippen molar-refractivity contribution in [3.8, 4) is 0 Å². The Bertz CT molecular complexity index is 614. The predicted octanol–water partition coefficient (Wildman–Crippen LogP) is 3.01. The molecule has 1 N–H and O–H groups in total. The quantitative estimate of drug-likeness (QED) is 0.621. The molecular formula is C15H22F2O5S. The normalized spacial score (nSPS) is 39.7. The van der Waals surface area contributed by atoms with Gasteiger partial charge in [-0.25, -0.2) is 4.79 Å². The number of carbonyl (C=O) groups excluding carboxylic acids is 1. The van der Waals surface area contributed by atoms with Crippen LogP contribution in [-0.2, 0) is 19.6 Å². The van der Waals surface area contributed by atoms with Crippen molar-refractivity contribution in [3.05, 3.63) is 0 Å². The van der Waals surface area contributed by atoms with E-state index in [9.17, 15) is 22.0 Å². The lowest BCUT2D eigenvalue weighted by atomic mass is 9.45. The van der Waals surface area contributed by atoms with Crippen LogP contribution >= 0.6 is 0 Å². The van der Waals surface area contributed by atoms with Crippen molar-refractivity contribution < 1.29 is 31.3 Å².